The Balaban J connectivity index is 4.68. The molecule has 57 heavy (non-hydrogen) atoms. The minimum atomic E-state index is -0.518. The van der Waals surface area contributed by atoms with Gasteiger partial charge in [0.1, 0.15) is 0 Å². The molecule has 0 saturated carbocycles. The lowest BCUT2D eigenvalue weighted by Crippen LogP contribution is -2.38. The summed E-state index contributed by atoms with van der Waals surface area (Å²) in [5.74, 6) is -0.0483. The first kappa shape index (κ1) is 55.8. The molecule has 0 aromatic rings. The summed E-state index contributed by atoms with van der Waals surface area (Å²) >= 11 is 0. The van der Waals surface area contributed by atoms with Crippen LogP contribution in [0, 0.1) is 11.8 Å². The molecule has 3 N–H and O–H groups in total. The lowest BCUT2D eigenvalue weighted by atomic mass is 9.94. The van der Waals surface area contributed by atoms with E-state index in [0.717, 1.165) is 103 Å². The topological polar surface area (TPSA) is 117 Å². The van der Waals surface area contributed by atoms with Crippen LogP contribution in [0.15, 0.2) is 0 Å². The molecular formula is C49H97NO7. The number of nitrogens with zero attached hydrogens (tertiary/aromatic N) is 1. The predicted molar refractivity (Wildman–Crippen MR) is 239 cm³/mol. The predicted octanol–water partition coefficient (Wildman–Crippen LogP) is 12.3. The normalized spacial score (nSPS) is 13.8. The van der Waals surface area contributed by atoms with Gasteiger partial charge in [-0.25, -0.2) is 0 Å². The average Bonchev–Trinajstić information content (AvgIpc) is 3.20. The maximum Gasteiger partial charge on any atom is 0.308 e. The van der Waals surface area contributed by atoms with Crippen LogP contribution in [0.3, 0.4) is 0 Å². The highest BCUT2D eigenvalue weighted by molar-refractivity contribution is 5.72. The summed E-state index contributed by atoms with van der Waals surface area (Å²) in [6, 6.07) is 0. The van der Waals surface area contributed by atoms with Crippen LogP contribution in [0.5, 0.6) is 0 Å². The molecule has 0 aromatic heterocycles. The van der Waals surface area contributed by atoms with Crippen LogP contribution in [0.1, 0.15) is 240 Å². The Bertz CT molecular complexity index is 796. The van der Waals surface area contributed by atoms with Gasteiger partial charge >= 0.3 is 11.9 Å². The molecule has 0 bridgehead atoms. The number of carbonyl (C=O) groups is 2. The quantitative estimate of drug-likeness (QED) is 0.0411. The third-order valence-electron chi connectivity index (χ3n) is 11.7. The molecule has 3 unspecified atom stereocenters. The Morgan fingerprint density at radius 3 is 1.11 bits per heavy atom. The first-order valence-corrected chi connectivity index (χ1v) is 24.8. The summed E-state index contributed by atoms with van der Waals surface area (Å²) in [6.45, 7) is 11.6. The number of rotatable bonds is 45. The molecule has 0 saturated heterocycles. The Kier molecular flexibility index (Phi) is 42.0. The number of hydrogen-bond acceptors (Lipinski definition) is 8. The Labute approximate surface area is 353 Å². The number of aliphatic hydroxyl groups is 3. The van der Waals surface area contributed by atoms with E-state index in [1.54, 1.807) is 0 Å². The zero-order chi connectivity index (χ0) is 42.0. The summed E-state index contributed by atoms with van der Waals surface area (Å²) in [7, 11) is 0. The number of ether oxygens (including phenoxy) is 2. The molecule has 0 aromatic carbocycles. The second-order valence-electron chi connectivity index (χ2n) is 17.4. The maximum atomic E-state index is 13.0. The first-order chi connectivity index (χ1) is 27.8. The fourth-order valence-electron chi connectivity index (χ4n) is 7.94. The highest BCUT2D eigenvalue weighted by atomic mass is 16.5. The molecule has 340 valence electrons. The largest absolute Gasteiger partial charge is 0.465 e. The highest BCUT2D eigenvalue weighted by Crippen LogP contribution is 2.22. The molecule has 0 radical (unpaired) electrons. The van der Waals surface area contributed by atoms with Crippen molar-refractivity contribution in [2.45, 2.75) is 252 Å². The highest BCUT2D eigenvalue weighted by Gasteiger charge is 2.21. The van der Waals surface area contributed by atoms with Crippen molar-refractivity contribution in [3.8, 4) is 0 Å². The van der Waals surface area contributed by atoms with E-state index in [2.05, 4.69) is 32.6 Å². The van der Waals surface area contributed by atoms with E-state index in [9.17, 15) is 24.9 Å². The van der Waals surface area contributed by atoms with Crippen molar-refractivity contribution in [3.63, 3.8) is 0 Å². The second-order valence-corrected chi connectivity index (χ2v) is 17.4. The van der Waals surface area contributed by atoms with E-state index in [1.165, 1.54) is 103 Å². The minimum Gasteiger partial charge on any atom is -0.465 e. The van der Waals surface area contributed by atoms with Gasteiger partial charge in [-0.2, -0.15) is 0 Å². The number of carbonyl (C=O) groups excluding carboxylic acids is 2. The van der Waals surface area contributed by atoms with Crippen molar-refractivity contribution in [2.75, 3.05) is 39.5 Å². The summed E-state index contributed by atoms with van der Waals surface area (Å²) < 4.78 is 11.5. The van der Waals surface area contributed by atoms with Crippen LogP contribution in [0.25, 0.3) is 0 Å². The molecule has 0 rings (SSSR count). The SMILES string of the molecule is CCCCCCCCC(CCCCCC)C(=O)OCCCCC(O)CN(CCCCCO)C[C@@H](O)CCCCOC(=O)C(CCCCCC)CCCCCCCC. The van der Waals surface area contributed by atoms with Gasteiger partial charge < -0.3 is 24.8 Å². The van der Waals surface area contributed by atoms with E-state index in [0.29, 0.717) is 39.1 Å². The van der Waals surface area contributed by atoms with Gasteiger partial charge in [0.15, 0.2) is 0 Å². The Morgan fingerprint density at radius 1 is 0.421 bits per heavy atom. The van der Waals surface area contributed by atoms with Crippen LogP contribution in [-0.2, 0) is 19.1 Å². The van der Waals surface area contributed by atoms with E-state index in [4.69, 9.17) is 9.47 Å². The van der Waals surface area contributed by atoms with Gasteiger partial charge in [0, 0.05) is 19.7 Å². The van der Waals surface area contributed by atoms with Crippen molar-refractivity contribution in [3.05, 3.63) is 0 Å². The summed E-state index contributed by atoms with van der Waals surface area (Å²) in [5, 5.41) is 31.1. The van der Waals surface area contributed by atoms with Gasteiger partial charge in [-0.1, -0.05) is 156 Å². The van der Waals surface area contributed by atoms with Crippen LogP contribution in [-0.4, -0.2) is 83.8 Å². The van der Waals surface area contributed by atoms with Gasteiger partial charge in [-0.05, 0) is 90.0 Å². The molecule has 0 aliphatic heterocycles. The van der Waals surface area contributed by atoms with Crippen molar-refractivity contribution in [1.29, 1.82) is 0 Å². The number of esters is 2. The molecule has 0 aliphatic rings. The molecular weight excluding hydrogens is 715 g/mol. The molecule has 8 nitrogen and oxygen atoms in total. The monoisotopic (exact) mass is 812 g/mol. The number of hydrogen-bond donors (Lipinski definition) is 3. The molecule has 4 atom stereocenters. The molecule has 0 aliphatic carbocycles. The zero-order valence-corrected chi connectivity index (χ0v) is 38.3. The minimum absolute atomic E-state index is 0.0108. The van der Waals surface area contributed by atoms with E-state index < -0.39 is 12.2 Å². The van der Waals surface area contributed by atoms with Crippen molar-refractivity contribution < 1.29 is 34.4 Å². The van der Waals surface area contributed by atoms with E-state index >= 15 is 0 Å². The third-order valence-corrected chi connectivity index (χ3v) is 11.7. The zero-order valence-electron chi connectivity index (χ0n) is 38.3. The van der Waals surface area contributed by atoms with Gasteiger partial charge in [0.25, 0.3) is 0 Å². The molecule has 0 heterocycles. The van der Waals surface area contributed by atoms with Crippen LogP contribution < -0.4 is 0 Å². The van der Waals surface area contributed by atoms with Gasteiger partial charge in [-0.3, -0.25) is 14.5 Å². The fourth-order valence-corrected chi connectivity index (χ4v) is 7.94. The number of aliphatic hydroxyl groups excluding tert-OH is 3. The molecule has 8 heteroatoms. The first-order valence-electron chi connectivity index (χ1n) is 24.8. The standard InChI is InChI=1S/C49H97NO7/c1-5-9-13-17-19-24-34-44(32-22-15-11-7-3)48(54)56-40-30-26-36-46(52)42-50(38-28-21-29-39-51)43-47(53)37-27-31-41-57-49(55)45(33-23-16-12-8-4)35-25-20-18-14-10-6-2/h44-47,51-53H,5-43H2,1-4H3/t44?,45?,46-,47?/m0/s1. The Morgan fingerprint density at radius 2 is 0.737 bits per heavy atom. The number of unbranched alkanes of at least 4 members (excludes halogenated alkanes) is 20. The van der Waals surface area contributed by atoms with Gasteiger partial charge in [0.2, 0.25) is 0 Å². The van der Waals surface area contributed by atoms with Gasteiger partial charge in [-0.15, -0.1) is 0 Å². The van der Waals surface area contributed by atoms with Crippen molar-refractivity contribution in [1.82, 2.24) is 4.90 Å². The third kappa shape index (κ3) is 36.4. The average molecular weight is 812 g/mol. The van der Waals surface area contributed by atoms with Crippen molar-refractivity contribution >= 4 is 11.9 Å². The molecule has 0 spiro atoms. The summed E-state index contributed by atoms with van der Waals surface area (Å²) in [4.78, 5) is 28.2. The molecule has 0 fully saturated rings. The lowest BCUT2D eigenvalue weighted by molar-refractivity contribution is -0.150. The summed E-state index contributed by atoms with van der Waals surface area (Å²) in [5.41, 5.74) is 0. The summed E-state index contributed by atoms with van der Waals surface area (Å²) in [6.07, 6.45) is 33.7. The second kappa shape index (κ2) is 42.9. The molecule has 0 amide bonds. The smallest absolute Gasteiger partial charge is 0.308 e. The van der Waals surface area contributed by atoms with Crippen LogP contribution in [0.4, 0.5) is 0 Å². The van der Waals surface area contributed by atoms with Gasteiger partial charge in [0.05, 0.1) is 37.3 Å². The Hall–Kier alpha value is -1.22. The van der Waals surface area contributed by atoms with E-state index in [1.807, 2.05) is 0 Å². The van der Waals surface area contributed by atoms with E-state index in [-0.39, 0.29) is 30.4 Å². The van der Waals surface area contributed by atoms with Crippen LogP contribution >= 0.6 is 0 Å². The van der Waals surface area contributed by atoms with Crippen molar-refractivity contribution in [2.24, 2.45) is 11.8 Å². The fraction of sp³-hybridized carbons (Fsp3) is 0.959. The lowest BCUT2D eigenvalue weighted by Gasteiger charge is -2.27. The maximum absolute atomic E-state index is 13.0. The van der Waals surface area contributed by atoms with Crippen LogP contribution in [0.2, 0.25) is 0 Å².